The SMILES string of the molecule is O=S1(=O)CCC(N2CCN(S(=O)(=O)c3ccc4c(c3)CCC4)CC2)C1. The van der Waals surface area contributed by atoms with E-state index in [0.29, 0.717) is 37.5 Å². The van der Waals surface area contributed by atoms with E-state index in [-0.39, 0.29) is 17.5 Å². The summed E-state index contributed by atoms with van der Waals surface area (Å²) < 4.78 is 50.7. The predicted molar refractivity (Wildman–Crippen MR) is 95.9 cm³/mol. The van der Waals surface area contributed by atoms with Crippen molar-refractivity contribution in [2.45, 2.75) is 36.6 Å². The lowest BCUT2D eigenvalue weighted by Gasteiger charge is -2.37. The van der Waals surface area contributed by atoms with Crippen LogP contribution in [0.3, 0.4) is 0 Å². The summed E-state index contributed by atoms with van der Waals surface area (Å²) in [5, 5.41) is 0. The Kier molecular flexibility index (Phi) is 4.42. The van der Waals surface area contributed by atoms with Gasteiger partial charge in [-0.2, -0.15) is 4.31 Å². The lowest BCUT2D eigenvalue weighted by Crippen LogP contribution is -2.52. The van der Waals surface area contributed by atoms with Crippen LogP contribution in [0.5, 0.6) is 0 Å². The maximum absolute atomic E-state index is 12.9. The van der Waals surface area contributed by atoms with Crippen LogP contribution in [0.1, 0.15) is 24.0 Å². The number of nitrogens with zero attached hydrogens (tertiary/aromatic N) is 2. The smallest absolute Gasteiger partial charge is 0.243 e. The summed E-state index contributed by atoms with van der Waals surface area (Å²) in [5.74, 6) is 0.468. The first kappa shape index (κ1) is 17.5. The second-order valence-corrected chi connectivity index (χ2v) is 11.4. The van der Waals surface area contributed by atoms with Crippen molar-refractivity contribution in [1.82, 2.24) is 9.21 Å². The first-order chi connectivity index (χ1) is 11.9. The van der Waals surface area contributed by atoms with Gasteiger partial charge in [-0.1, -0.05) is 6.07 Å². The molecule has 8 heteroatoms. The fraction of sp³-hybridized carbons (Fsp3) is 0.647. The first-order valence-electron chi connectivity index (χ1n) is 8.92. The molecule has 0 amide bonds. The molecule has 3 aliphatic rings. The third-order valence-corrected chi connectivity index (χ3v) is 9.35. The molecule has 0 bridgehead atoms. The maximum Gasteiger partial charge on any atom is 0.243 e. The second-order valence-electron chi connectivity index (χ2n) is 7.28. The first-order valence-corrected chi connectivity index (χ1v) is 12.2. The van der Waals surface area contributed by atoms with Gasteiger partial charge >= 0.3 is 0 Å². The summed E-state index contributed by atoms with van der Waals surface area (Å²) in [6, 6.07) is 5.58. The molecular formula is C17H24N2O4S2. The van der Waals surface area contributed by atoms with Gasteiger partial charge < -0.3 is 0 Å². The van der Waals surface area contributed by atoms with Gasteiger partial charge in [0.15, 0.2) is 9.84 Å². The molecule has 25 heavy (non-hydrogen) atoms. The van der Waals surface area contributed by atoms with Crippen molar-refractivity contribution in [3.8, 4) is 0 Å². The molecule has 0 spiro atoms. The molecule has 1 aromatic carbocycles. The highest BCUT2D eigenvalue weighted by atomic mass is 32.2. The average Bonchev–Trinajstić information content (AvgIpc) is 3.20. The van der Waals surface area contributed by atoms with E-state index in [1.807, 2.05) is 12.1 Å². The Hall–Kier alpha value is -0.960. The maximum atomic E-state index is 12.9. The zero-order chi connectivity index (χ0) is 17.7. The van der Waals surface area contributed by atoms with E-state index in [9.17, 15) is 16.8 Å². The highest BCUT2D eigenvalue weighted by Gasteiger charge is 2.36. The largest absolute Gasteiger partial charge is 0.297 e. The molecule has 1 atom stereocenters. The van der Waals surface area contributed by atoms with Gasteiger partial charge in [-0.05, 0) is 48.9 Å². The molecule has 1 aromatic rings. The van der Waals surface area contributed by atoms with Gasteiger partial charge in [-0.3, -0.25) is 4.90 Å². The van der Waals surface area contributed by atoms with Gasteiger partial charge in [0.25, 0.3) is 0 Å². The van der Waals surface area contributed by atoms with Crippen LogP contribution in [0.15, 0.2) is 23.1 Å². The molecule has 1 aliphatic carbocycles. The van der Waals surface area contributed by atoms with Crippen molar-refractivity contribution in [2.24, 2.45) is 0 Å². The summed E-state index contributed by atoms with van der Waals surface area (Å²) >= 11 is 0. The summed E-state index contributed by atoms with van der Waals surface area (Å²) in [6.45, 7) is 2.06. The number of piperazine rings is 1. The number of hydrogen-bond acceptors (Lipinski definition) is 5. The minimum absolute atomic E-state index is 0.0508. The Morgan fingerprint density at radius 2 is 1.72 bits per heavy atom. The van der Waals surface area contributed by atoms with E-state index in [4.69, 9.17) is 0 Å². The van der Waals surface area contributed by atoms with E-state index < -0.39 is 19.9 Å². The number of sulfone groups is 1. The summed E-state index contributed by atoms with van der Waals surface area (Å²) in [5.41, 5.74) is 2.43. The summed E-state index contributed by atoms with van der Waals surface area (Å²) in [7, 11) is -6.37. The molecule has 2 saturated heterocycles. The van der Waals surface area contributed by atoms with E-state index in [1.54, 1.807) is 10.4 Å². The molecule has 138 valence electrons. The lowest BCUT2D eigenvalue weighted by atomic mass is 10.1. The number of sulfonamides is 1. The predicted octanol–water partition coefficient (Wildman–Crippen LogP) is 0.669. The fourth-order valence-electron chi connectivity index (χ4n) is 4.23. The van der Waals surface area contributed by atoms with Crippen LogP contribution in [0.2, 0.25) is 0 Å². The standard InChI is InChI=1S/C17H24N2O4S2/c20-24(21)11-6-16(13-24)18-7-9-19(10-8-18)25(22,23)17-5-4-14-2-1-3-15(14)12-17/h4-5,12,16H,1-3,6-11,13H2. The normalized spacial score (nSPS) is 27.4. The van der Waals surface area contributed by atoms with Gasteiger partial charge in [-0.25, -0.2) is 16.8 Å². The molecule has 4 rings (SSSR count). The van der Waals surface area contributed by atoms with E-state index in [0.717, 1.165) is 24.8 Å². The molecule has 2 fully saturated rings. The molecule has 0 aromatic heterocycles. The van der Waals surface area contributed by atoms with Crippen molar-refractivity contribution < 1.29 is 16.8 Å². The van der Waals surface area contributed by atoms with Crippen molar-refractivity contribution in [3.63, 3.8) is 0 Å². The minimum atomic E-state index is -3.46. The third-order valence-electron chi connectivity index (χ3n) is 5.71. The Labute approximate surface area is 149 Å². The summed E-state index contributed by atoms with van der Waals surface area (Å²) in [4.78, 5) is 2.53. The highest BCUT2D eigenvalue weighted by molar-refractivity contribution is 7.91. The molecule has 1 unspecified atom stereocenters. The van der Waals surface area contributed by atoms with Crippen LogP contribution in [0.4, 0.5) is 0 Å². The van der Waals surface area contributed by atoms with E-state index >= 15 is 0 Å². The van der Waals surface area contributed by atoms with E-state index in [2.05, 4.69) is 4.90 Å². The van der Waals surface area contributed by atoms with Crippen LogP contribution in [-0.2, 0) is 32.7 Å². The molecular weight excluding hydrogens is 360 g/mol. The zero-order valence-corrected chi connectivity index (χ0v) is 15.9. The average molecular weight is 385 g/mol. The molecule has 0 saturated carbocycles. The quantitative estimate of drug-likeness (QED) is 0.766. The molecule has 6 nitrogen and oxygen atoms in total. The zero-order valence-electron chi connectivity index (χ0n) is 14.2. The Balaban J connectivity index is 1.45. The number of aryl methyl sites for hydroxylation is 2. The molecule has 2 aliphatic heterocycles. The van der Waals surface area contributed by atoms with Crippen LogP contribution < -0.4 is 0 Å². The van der Waals surface area contributed by atoms with Crippen molar-refractivity contribution >= 4 is 19.9 Å². The lowest BCUT2D eigenvalue weighted by molar-refractivity contribution is 0.148. The Morgan fingerprint density at radius 1 is 1.00 bits per heavy atom. The van der Waals surface area contributed by atoms with Crippen LogP contribution in [-0.4, -0.2) is 69.8 Å². The topological polar surface area (TPSA) is 74.8 Å². The van der Waals surface area contributed by atoms with Gasteiger partial charge in [0.1, 0.15) is 0 Å². The van der Waals surface area contributed by atoms with Crippen LogP contribution in [0.25, 0.3) is 0 Å². The fourth-order valence-corrected chi connectivity index (χ4v) is 7.47. The molecule has 0 N–H and O–H groups in total. The Bertz CT molecular complexity index is 872. The second kappa shape index (κ2) is 6.33. The monoisotopic (exact) mass is 384 g/mol. The van der Waals surface area contributed by atoms with Gasteiger partial charge in [0.2, 0.25) is 10.0 Å². The van der Waals surface area contributed by atoms with Crippen LogP contribution >= 0.6 is 0 Å². The number of benzene rings is 1. The number of fused-ring (bicyclic) bond motifs is 1. The van der Waals surface area contributed by atoms with Gasteiger partial charge in [0.05, 0.1) is 16.4 Å². The Morgan fingerprint density at radius 3 is 2.40 bits per heavy atom. The minimum Gasteiger partial charge on any atom is -0.297 e. The molecule has 2 heterocycles. The van der Waals surface area contributed by atoms with Crippen molar-refractivity contribution in [1.29, 1.82) is 0 Å². The highest BCUT2D eigenvalue weighted by Crippen LogP contribution is 2.27. The summed E-state index contributed by atoms with van der Waals surface area (Å²) in [6.07, 6.45) is 3.77. The number of hydrogen-bond donors (Lipinski definition) is 0. The van der Waals surface area contributed by atoms with Crippen molar-refractivity contribution in [2.75, 3.05) is 37.7 Å². The van der Waals surface area contributed by atoms with Crippen molar-refractivity contribution in [3.05, 3.63) is 29.3 Å². The third kappa shape index (κ3) is 3.37. The van der Waals surface area contributed by atoms with E-state index in [1.165, 1.54) is 5.56 Å². The van der Waals surface area contributed by atoms with Crippen LogP contribution in [0, 0.1) is 0 Å². The molecule has 0 radical (unpaired) electrons. The van der Waals surface area contributed by atoms with Gasteiger partial charge in [-0.15, -0.1) is 0 Å². The van der Waals surface area contributed by atoms with Gasteiger partial charge in [0, 0.05) is 32.2 Å². The number of rotatable bonds is 3.